The Morgan fingerprint density at radius 1 is 0.446 bits per heavy atom. The number of hydrogen-bond donors (Lipinski definition) is 0. The molecule has 56 heavy (non-hydrogen) atoms. The van der Waals surface area contributed by atoms with Crippen LogP contribution in [0.2, 0.25) is 0 Å². The van der Waals surface area contributed by atoms with Crippen molar-refractivity contribution in [3.05, 3.63) is 211 Å². The molecule has 9 aromatic rings. The lowest BCUT2D eigenvalue weighted by Crippen LogP contribution is -2.30. The lowest BCUT2D eigenvalue weighted by atomic mass is 9.85. The molecule has 0 aliphatic heterocycles. The Bertz CT molecular complexity index is 2880. The van der Waals surface area contributed by atoms with Crippen molar-refractivity contribution >= 4 is 60.8 Å². The van der Waals surface area contributed by atoms with E-state index < -0.39 is 0 Å². The van der Waals surface area contributed by atoms with E-state index in [4.69, 9.17) is 0 Å². The van der Waals surface area contributed by atoms with Gasteiger partial charge in [0.25, 0.3) is 0 Å². The maximum atomic E-state index is 2.57. The molecule has 0 N–H and O–H groups in total. The van der Waals surface area contributed by atoms with Crippen LogP contribution in [-0.4, -0.2) is 6.04 Å². The van der Waals surface area contributed by atoms with Crippen LogP contribution in [-0.2, 0) is 0 Å². The van der Waals surface area contributed by atoms with Crippen LogP contribution in [0.5, 0.6) is 0 Å². The fourth-order valence-electron chi connectivity index (χ4n) is 8.76. The van der Waals surface area contributed by atoms with Gasteiger partial charge >= 0.3 is 0 Å². The van der Waals surface area contributed by atoms with E-state index in [0.29, 0.717) is 0 Å². The lowest BCUT2D eigenvalue weighted by molar-refractivity contribution is 0.782. The zero-order valence-electron chi connectivity index (χ0n) is 31.7. The number of para-hydroxylation sites is 2. The number of allylic oxidation sites excluding steroid dienone is 2. The second-order valence-corrected chi connectivity index (χ2v) is 15.0. The van der Waals surface area contributed by atoms with Crippen molar-refractivity contribution in [2.75, 3.05) is 9.80 Å². The Morgan fingerprint density at radius 2 is 0.911 bits per heavy atom. The van der Waals surface area contributed by atoms with Crippen LogP contribution in [0.3, 0.4) is 0 Å². The molecule has 1 aliphatic rings. The molecule has 0 saturated heterocycles. The molecule has 1 unspecified atom stereocenters. The zero-order chi connectivity index (χ0) is 37.6. The Hall–Kier alpha value is -6.90. The van der Waals surface area contributed by atoms with Crippen LogP contribution in [0.4, 0.5) is 28.4 Å². The molecule has 0 fully saturated rings. The maximum absolute atomic E-state index is 2.57. The van der Waals surface area contributed by atoms with E-state index in [-0.39, 0.29) is 6.04 Å². The quantitative estimate of drug-likeness (QED) is 0.144. The van der Waals surface area contributed by atoms with Crippen molar-refractivity contribution in [3.8, 4) is 22.3 Å². The summed E-state index contributed by atoms with van der Waals surface area (Å²) in [6.45, 7) is 4.35. The average molecular weight is 719 g/mol. The van der Waals surface area contributed by atoms with Crippen molar-refractivity contribution < 1.29 is 0 Å². The van der Waals surface area contributed by atoms with Crippen LogP contribution in [0.1, 0.15) is 18.9 Å². The molecular formula is C54H42N2. The van der Waals surface area contributed by atoms with Crippen LogP contribution < -0.4 is 9.80 Å². The molecule has 9 aromatic carbocycles. The summed E-state index contributed by atoms with van der Waals surface area (Å²) in [6, 6.07) is 67.1. The second-order valence-electron chi connectivity index (χ2n) is 15.0. The average Bonchev–Trinajstić information content (AvgIpc) is 3.26. The highest BCUT2D eigenvalue weighted by atomic mass is 15.2. The molecule has 0 spiro atoms. The summed E-state index contributed by atoms with van der Waals surface area (Å²) in [5, 5.41) is 7.56. The Balaban J connectivity index is 1.36. The fourth-order valence-corrected chi connectivity index (χ4v) is 8.76. The molecule has 0 aromatic heterocycles. The monoisotopic (exact) mass is 718 g/mol. The van der Waals surface area contributed by atoms with Gasteiger partial charge in [0.1, 0.15) is 0 Å². The first-order chi connectivity index (χ1) is 27.6. The maximum Gasteiger partial charge on any atom is 0.0560 e. The van der Waals surface area contributed by atoms with E-state index in [2.05, 4.69) is 224 Å². The summed E-state index contributed by atoms with van der Waals surface area (Å²) in [5.41, 5.74) is 13.2. The van der Waals surface area contributed by atoms with Gasteiger partial charge in [0.05, 0.1) is 17.4 Å². The molecular weight excluding hydrogens is 677 g/mol. The van der Waals surface area contributed by atoms with Crippen LogP contribution in [0.15, 0.2) is 206 Å². The predicted octanol–water partition coefficient (Wildman–Crippen LogP) is 15.1. The normalized spacial score (nSPS) is 14.0. The van der Waals surface area contributed by atoms with E-state index in [1.165, 1.54) is 77.1 Å². The van der Waals surface area contributed by atoms with Crippen LogP contribution >= 0.6 is 0 Å². The largest absolute Gasteiger partial charge is 0.334 e. The summed E-state index contributed by atoms with van der Waals surface area (Å²) in [6.07, 6.45) is 7.97. The second kappa shape index (κ2) is 14.1. The molecule has 268 valence electrons. The lowest BCUT2D eigenvalue weighted by Gasteiger charge is -2.35. The Kier molecular flexibility index (Phi) is 8.45. The smallest absolute Gasteiger partial charge is 0.0560 e. The first-order valence-electron chi connectivity index (χ1n) is 19.6. The minimum Gasteiger partial charge on any atom is -0.334 e. The van der Waals surface area contributed by atoms with Crippen molar-refractivity contribution in [1.29, 1.82) is 0 Å². The summed E-state index contributed by atoms with van der Waals surface area (Å²) >= 11 is 0. The van der Waals surface area contributed by atoms with E-state index in [1.807, 2.05) is 0 Å². The van der Waals surface area contributed by atoms with Gasteiger partial charge in [-0.05, 0) is 102 Å². The van der Waals surface area contributed by atoms with E-state index in [9.17, 15) is 0 Å². The first kappa shape index (κ1) is 33.7. The summed E-state index contributed by atoms with van der Waals surface area (Å²) in [7, 11) is 0. The zero-order valence-corrected chi connectivity index (χ0v) is 31.7. The van der Waals surface area contributed by atoms with E-state index in [0.717, 1.165) is 23.5 Å². The molecule has 1 aliphatic carbocycles. The van der Waals surface area contributed by atoms with Gasteiger partial charge in [0, 0.05) is 38.6 Å². The summed E-state index contributed by atoms with van der Waals surface area (Å²) < 4.78 is 0. The first-order valence-corrected chi connectivity index (χ1v) is 19.6. The molecule has 0 radical (unpaired) electrons. The van der Waals surface area contributed by atoms with Gasteiger partial charge in [-0.2, -0.15) is 0 Å². The number of aryl methyl sites for hydroxylation is 1. The van der Waals surface area contributed by atoms with E-state index >= 15 is 0 Å². The number of nitrogens with zero attached hydrogens (tertiary/aromatic N) is 2. The molecule has 2 heteroatoms. The third kappa shape index (κ3) is 5.82. The van der Waals surface area contributed by atoms with Gasteiger partial charge in [-0.15, -0.1) is 0 Å². The Labute approximate surface area is 329 Å². The molecule has 1 atom stereocenters. The topological polar surface area (TPSA) is 6.48 Å². The SMILES string of the molecule is CC1=CCC(N(c2ccccc2)c2cc(-c3ccccc3)c3ccc4c(N(c5ccccc5)c5ccc(C)cc5)cc(-c5ccccc5)c5ccc2c3c54)C=C1. The molecule has 0 saturated carbocycles. The summed E-state index contributed by atoms with van der Waals surface area (Å²) in [4.78, 5) is 5.01. The minimum absolute atomic E-state index is 0.161. The number of benzene rings is 9. The van der Waals surface area contributed by atoms with Gasteiger partial charge < -0.3 is 9.80 Å². The van der Waals surface area contributed by atoms with Crippen molar-refractivity contribution in [2.45, 2.75) is 26.3 Å². The van der Waals surface area contributed by atoms with Gasteiger partial charge in [-0.3, -0.25) is 0 Å². The van der Waals surface area contributed by atoms with Crippen LogP contribution in [0.25, 0.3) is 54.6 Å². The van der Waals surface area contributed by atoms with E-state index in [1.54, 1.807) is 0 Å². The molecule has 0 bridgehead atoms. The number of anilines is 5. The third-order valence-corrected chi connectivity index (χ3v) is 11.5. The van der Waals surface area contributed by atoms with Crippen molar-refractivity contribution in [2.24, 2.45) is 0 Å². The van der Waals surface area contributed by atoms with Gasteiger partial charge in [-0.1, -0.05) is 163 Å². The van der Waals surface area contributed by atoms with Crippen LogP contribution in [0, 0.1) is 6.92 Å². The highest BCUT2D eigenvalue weighted by Gasteiger charge is 2.27. The molecule has 2 nitrogen and oxygen atoms in total. The Morgan fingerprint density at radius 3 is 1.45 bits per heavy atom. The minimum atomic E-state index is 0.161. The van der Waals surface area contributed by atoms with Gasteiger partial charge in [-0.25, -0.2) is 0 Å². The third-order valence-electron chi connectivity index (χ3n) is 11.5. The molecule has 10 rings (SSSR count). The fraction of sp³-hybridized carbons (Fsp3) is 0.0741. The number of rotatable bonds is 8. The standard InChI is InChI=1S/C54H42N2/c1-37-23-27-43(28-24-37)55(41-19-11-5-12-20-41)51-35-49(39-15-7-3-8-16-39)45-32-34-48-52(56(42-21-13-6-14-22-42)44-29-25-38(2)26-30-44)36-50(40-17-9-4-10-18-40)46-31-33-47(51)53(45)54(46)48/h3-29,31-36,44H,30H2,1-2H3. The highest BCUT2D eigenvalue weighted by Crippen LogP contribution is 2.51. The molecule has 0 heterocycles. The highest BCUT2D eigenvalue weighted by molar-refractivity contribution is 6.32. The predicted molar refractivity (Wildman–Crippen MR) is 240 cm³/mol. The number of hydrogen-bond acceptors (Lipinski definition) is 2. The van der Waals surface area contributed by atoms with Crippen molar-refractivity contribution in [3.63, 3.8) is 0 Å². The molecule has 0 amide bonds. The van der Waals surface area contributed by atoms with Gasteiger partial charge in [0.15, 0.2) is 0 Å². The van der Waals surface area contributed by atoms with Gasteiger partial charge in [0.2, 0.25) is 0 Å². The summed E-state index contributed by atoms with van der Waals surface area (Å²) in [5.74, 6) is 0. The van der Waals surface area contributed by atoms with Crippen molar-refractivity contribution in [1.82, 2.24) is 0 Å².